The highest BCUT2D eigenvalue weighted by Crippen LogP contribution is 2.45. The van der Waals surface area contributed by atoms with E-state index in [-0.39, 0.29) is 62.2 Å². The molecule has 2 fully saturated rings. The van der Waals surface area contributed by atoms with Gasteiger partial charge >= 0.3 is 12.4 Å². The number of aliphatic hydroxyl groups excluding tert-OH is 1. The SMILES string of the molecule is COc1ccc(C2CC3CCC(C2)N3CC(N)=O)cc1C(=O)Nc1c(C(O)Nc2ccc(F)c(C(F)(F)F)c2)sc2cc(C(F)(F)F)ccc12. The number of alkyl halides is 6. The molecule has 2 amide bonds. The molecule has 3 heterocycles. The lowest BCUT2D eigenvalue weighted by atomic mass is 9.84. The number of anilines is 2. The summed E-state index contributed by atoms with van der Waals surface area (Å²) in [7, 11) is 1.37. The number of carbonyl (C=O) groups excluding carboxylic acids is 2. The van der Waals surface area contributed by atoms with Crippen LogP contribution in [-0.2, 0) is 17.1 Å². The molecule has 0 spiro atoms. The number of ether oxygens (including phenoxy) is 1. The molecule has 8 nitrogen and oxygen atoms in total. The van der Waals surface area contributed by atoms with Gasteiger partial charge in [0.15, 0.2) is 6.23 Å². The Bertz CT molecular complexity index is 1930. The molecule has 2 aliphatic rings. The molecule has 16 heteroatoms. The smallest absolute Gasteiger partial charge is 0.419 e. The van der Waals surface area contributed by atoms with Gasteiger partial charge in [0.2, 0.25) is 5.91 Å². The van der Waals surface area contributed by atoms with E-state index in [0.29, 0.717) is 23.5 Å². The highest BCUT2D eigenvalue weighted by molar-refractivity contribution is 7.20. The molecule has 0 radical (unpaired) electrons. The van der Waals surface area contributed by atoms with Crippen molar-refractivity contribution >= 4 is 44.6 Å². The van der Waals surface area contributed by atoms with Crippen molar-refractivity contribution < 1.29 is 50.2 Å². The molecule has 266 valence electrons. The van der Waals surface area contributed by atoms with Crippen LogP contribution in [0.2, 0.25) is 0 Å². The fraction of sp³-hybridized carbons (Fsp3) is 0.353. The van der Waals surface area contributed by atoms with Gasteiger partial charge in [0.1, 0.15) is 11.6 Å². The Hall–Kier alpha value is -4.41. The molecule has 2 bridgehead atoms. The highest BCUT2D eigenvalue weighted by Gasteiger charge is 2.42. The molecule has 3 aromatic carbocycles. The lowest BCUT2D eigenvalue weighted by Crippen LogP contribution is -2.46. The number of carbonyl (C=O) groups is 2. The topological polar surface area (TPSA) is 117 Å². The third-order valence-corrected chi connectivity index (χ3v) is 10.5. The maximum Gasteiger partial charge on any atom is 0.419 e. The highest BCUT2D eigenvalue weighted by atomic mass is 32.1. The number of rotatable bonds is 9. The molecular weight excluding hydrogens is 693 g/mol. The van der Waals surface area contributed by atoms with Crippen LogP contribution in [0.4, 0.5) is 42.1 Å². The number of thiophene rings is 1. The lowest BCUT2D eigenvalue weighted by molar-refractivity contribution is -0.140. The van der Waals surface area contributed by atoms with Gasteiger partial charge in [0.25, 0.3) is 5.91 Å². The predicted octanol–water partition coefficient (Wildman–Crippen LogP) is 7.64. The number of amides is 2. The second-order valence-electron chi connectivity index (χ2n) is 12.4. The van der Waals surface area contributed by atoms with Crippen LogP contribution in [0, 0.1) is 5.82 Å². The molecule has 2 saturated heterocycles. The van der Waals surface area contributed by atoms with Gasteiger partial charge in [0, 0.05) is 27.9 Å². The van der Waals surface area contributed by atoms with Crippen LogP contribution in [0.1, 0.15) is 69.8 Å². The Labute approximate surface area is 285 Å². The molecule has 0 saturated carbocycles. The Balaban J connectivity index is 1.33. The van der Waals surface area contributed by atoms with E-state index in [1.807, 2.05) is 6.07 Å². The van der Waals surface area contributed by atoms with E-state index < -0.39 is 47.3 Å². The lowest BCUT2D eigenvalue weighted by Gasteiger charge is -2.38. The van der Waals surface area contributed by atoms with E-state index in [2.05, 4.69) is 15.5 Å². The predicted molar refractivity (Wildman–Crippen MR) is 172 cm³/mol. The van der Waals surface area contributed by atoms with E-state index in [1.165, 1.54) is 7.11 Å². The number of halogens is 7. The van der Waals surface area contributed by atoms with Gasteiger partial charge in [-0.15, -0.1) is 11.3 Å². The van der Waals surface area contributed by atoms with E-state index in [0.717, 1.165) is 55.5 Å². The molecule has 5 N–H and O–H groups in total. The van der Waals surface area contributed by atoms with Crippen molar-refractivity contribution in [2.45, 2.75) is 62.3 Å². The molecule has 1 aromatic heterocycles. The first-order chi connectivity index (χ1) is 23.5. The quantitative estimate of drug-likeness (QED) is 0.104. The number of nitrogens with two attached hydrogens (primary N) is 1. The van der Waals surface area contributed by atoms with Crippen molar-refractivity contribution in [2.24, 2.45) is 5.73 Å². The Morgan fingerprint density at radius 2 is 1.70 bits per heavy atom. The van der Waals surface area contributed by atoms with E-state index in [4.69, 9.17) is 10.5 Å². The normalized spacial score (nSPS) is 20.1. The number of nitrogens with zero attached hydrogens (tertiary/aromatic N) is 1. The van der Waals surface area contributed by atoms with Crippen molar-refractivity contribution in [1.82, 2.24) is 4.90 Å². The van der Waals surface area contributed by atoms with Crippen molar-refractivity contribution in [3.05, 3.63) is 87.5 Å². The van der Waals surface area contributed by atoms with Crippen molar-refractivity contribution in [3.8, 4) is 5.75 Å². The molecule has 3 atom stereocenters. The number of aliphatic hydroxyl groups is 1. The summed E-state index contributed by atoms with van der Waals surface area (Å²) in [6.07, 6.45) is -8.29. The number of primary amides is 1. The fourth-order valence-corrected chi connectivity index (χ4v) is 8.13. The van der Waals surface area contributed by atoms with Gasteiger partial charge in [-0.3, -0.25) is 14.5 Å². The molecule has 2 aliphatic heterocycles. The van der Waals surface area contributed by atoms with Crippen LogP contribution in [0.3, 0.4) is 0 Å². The maximum atomic E-state index is 13.9. The van der Waals surface area contributed by atoms with Crippen molar-refractivity contribution in [3.63, 3.8) is 0 Å². The van der Waals surface area contributed by atoms with Crippen LogP contribution < -0.4 is 21.1 Å². The zero-order chi connectivity index (χ0) is 36.1. The molecule has 6 rings (SSSR count). The first-order valence-electron chi connectivity index (χ1n) is 15.5. The Kier molecular flexibility index (Phi) is 9.47. The fourth-order valence-electron chi connectivity index (χ4n) is 6.99. The molecule has 3 unspecified atom stereocenters. The van der Waals surface area contributed by atoms with Gasteiger partial charge in [0.05, 0.1) is 40.9 Å². The minimum Gasteiger partial charge on any atom is -0.496 e. The van der Waals surface area contributed by atoms with Gasteiger partial charge < -0.3 is 26.2 Å². The number of hydrogen-bond donors (Lipinski definition) is 4. The number of methoxy groups -OCH3 is 1. The summed E-state index contributed by atoms with van der Waals surface area (Å²) in [6.45, 7) is 0.172. The summed E-state index contributed by atoms with van der Waals surface area (Å²) in [6, 6.07) is 10.2. The number of fused-ring (bicyclic) bond motifs is 3. The first-order valence-corrected chi connectivity index (χ1v) is 16.3. The summed E-state index contributed by atoms with van der Waals surface area (Å²) >= 11 is 0.687. The molecular formula is C34H31F7N4O4S. The molecule has 50 heavy (non-hydrogen) atoms. The van der Waals surface area contributed by atoms with Crippen molar-refractivity contribution in [1.29, 1.82) is 0 Å². The van der Waals surface area contributed by atoms with E-state index in [9.17, 15) is 45.4 Å². The summed E-state index contributed by atoms with van der Waals surface area (Å²) in [5.74, 6) is -2.40. The Morgan fingerprint density at radius 1 is 1.00 bits per heavy atom. The second kappa shape index (κ2) is 13.4. The summed E-state index contributed by atoms with van der Waals surface area (Å²) in [4.78, 5) is 27.6. The zero-order valence-corrected chi connectivity index (χ0v) is 27.1. The van der Waals surface area contributed by atoms with Gasteiger partial charge in [-0.2, -0.15) is 26.3 Å². The third kappa shape index (κ3) is 7.09. The van der Waals surface area contributed by atoms with Gasteiger partial charge in [-0.25, -0.2) is 4.39 Å². The van der Waals surface area contributed by atoms with Crippen molar-refractivity contribution in [2.75, 3.05) is 24.3 Å². The summed E-state index contributed by atoms with van der Waals surface area (Å²) < 4.78 is 100. The molecule has 0 aliphatic carbocycles. The maximum absolute atomic E-state index is 13.9. The minimum absolute atomic E-state index is 0.0278. The standard InChI is InChI=1S/C34H31F7N4O4S/c1-49-26-9-2-16(17-10-20-5-6-21(11-17)45(20)15-28(42)46)12-23(26)31(47)44-29-22-7-3-18(33(36,37)38)13-27(22)50-30(29)32(48)43-19-4-8-25(35)24(14-19)34(39,40)41/h2-4,7-9,12-14,17,20-21,32,43,48H,5-6,10-11,15H2,1H3,(H2,42,46)(H,44,47). The summed E-state index contributed by atoms with van der Waals surface area (Å²) in [5, 5.41) is 16.4. The summed E-state index contributed by atoms with van der Waals surface area (Å²) in [5.41, 5.74) is 3.41. The number of hydrogen-bond acceptors (Lipinski definition) is 7. The molecule has 4 aromatic rings. The number of nitrogens with one attached hydrogen (secondary N) is 2. The largest absolute Gasteiger partial charge is 0.496 e. The zero-order valence-electron chi connectivity index (χ0n) is 26.3. The average molecular weight is 725 g/mol. The first kappa shape index (κ1) is 35.4. The number of piperidine rings is 1. The van der Waals surface area contributed by atoms with Crippen LogP contribution in [0.5, 0.6) is 5.75 Å². The van der Waals surface area contributed by atoms with Gasteiger partial charge in [-0.1, -0.05) is 12.1 Å². The van der Waals surface area contributed by atoms with Crippen LogP contribution in [0.15, 0.2) is 54.6 Å². The monoisotopic (exact) mass is 724 g/mol. The average Bonchev–Trinajstić information content (AvgIpc) is 3.50. The van der Waals surface area contributed by atoms with Crippen LogP contribution in [0.25, 0.3) is 10.1 Å². The minimum atomic E-state index is -5.04. The third-order valence-electron chi connectivity index (χ3n) is 9.27. The second-order valence-corrected chi connectivity index (χ2v) is 13.5. The van der Waals surface area contributed by atoms with Gasteiger partial charge in [-0.05, 0) is 79.6 Å². The van der Waals surface area contributed by atoms with E-state index in [1.54, 1.807) is 12.1 Å². The van der Waals surface area contributed by atoms with Crippen LogP contribution in [-0.4, -0.2) is 47.6 Å². The number of benzene rings is 3. The van der Waals surface area contributed by atoms with Crippen LogP contribution >= 0.6 is 11.3 Å². The Morgan fingerprint density at radius 3 is 2.32 bits per heavy atom. The van der Waals surface area contributed by atoms with E-state index >= 15 is 0 Å².